The van der Waals surface area contributed by atoms with Crippen molar-refractivity contribution in [2.75, 3.05) is 12.4 Å². The summed E-state index contributed by atoms with van der Waals surface area (Å²) < 4.78 is 25.5. The van der Waals surface area contributed by atoms with Gasteiger partial charge in [-0.15, -0.1) is 0 Å². The zero-order chi connectivity index (χ0) is 24.6. The predicted molar refractivity (Wildman–Crippen MR) is 136 cm³/mol. The van der Waals surface area contributed by atoms with Crippen LogP contribution in [0.4, 0.5) is 10.1 Å². The van der Waals surface area contributed by atoms with Crippen molar-refractivity contribution in [3.63, 3.8) is 0 Å². The second-order valence-corrected chi connectivity index (χ2v) is 8.71. The van der Waals surface area contributed by atoms with Gasteiger partial charge >= 0.3 is 0 Å². The van der Waals surface area contributed by atoms with E-state index in [1.165, 1.54) is 17.7 Å². The van der Waals surface area contributed by atoms with E-state index < -0.39 is 0 Å². The largest absolute Gasteiger partial charge is 0.496 e. The molecule has 1 heterocycles. The van der Waals surface area contributed by atoms with Crippen LogP contribution in [0.1, 0.15) is 34.7 Å². The Bertz CT molecular complexity index is 1450. The number of hydrogen-bond donors (Lipinski definition) is 1. The lowest BCUT2D eigenvalue weighted by Gasteiger charge is -2.14. The molecule has 5 heteroatoms. The van der Waals surface area contributed by atoms with Crippen LogP contribution >= 0.6 is 0 Å². The zero-order valence-corrected chi connectivity index (χ0v) is 20.3. The van der Waals surface area contributed by atoms with Crippen molar-refractivity contribution in [3.05, 3.63) is 88.4 Å². The van der Waals surface area contributed by atoms with Crippen LogP contribution in [-0.2, 0) is 4.79 Å². The molecule has 4 rings (SSSR count). The number of anilines is 1. The number of nitrogens with one attached hydrogen (secondary N) is 1. The molecule has 4 aromatic rings. The summed E-state index contributed by atoms with van der Waals surface area (Å²) in [5.74, 6) is -0.0561. The topological polar surface area (TPSA) is 51.5 Å². The predicted octanol–water partition coefficient (Wildman–Crippen LogP) is 7.52. The lowest BCUT2D eigenvalue weighted by molar-refractivity contribution is -0.111. The highest BCUT2D eigenvalue weighted by molar-refractivity contribution is 6.06. The van der Waals surface area contributed by atoms with Gasteiger partial charge in [-0.1, -0.05) is 29.8 Å². The number of allylic oxidation sites excluding steroid dienone is 1. The Kier molecular flexibility index (Phi) is 6.29. The maximum absolute atomic E-state index is 13.9. The zero-order valence-electron chi connectivity index (χ0n) is 20.3. The van der Waals surface area contributed by atoms with Gasteiger partial charge in [-0.3, -0.25) is 4.79 Å². The number of rotatable bonds is 5. The molecule has 0 radical (unpaired) electrons. The molecule has 1 amide bonds. The highest BCUT2D eigenvalue weighted by Gasteiger charge is 2.19. The second-order valence-electron chi connectivity index (χ2n) is 8.71. The highest BCUT2D eigenvalue weighted by Crippen LogP contribution is 2.41. The van der Waals surface area contributed by atoms with Crippen LogP contribution in [0.3, 0.4) is 0 Å². The lowest BCUT2D eigenvalue weighted by Crippen LogP contribution is -2.09. The average molecular weight is 458 g/mol. The van der Waals surface area contributed by atoms with Crippen molar-refractivity contribution >= 4 is 28.1 Å². The minimum atomic E-state index is -0.361. The third-order valence-corrected chi connectivity index (χ3v) is 6.13. The molecule has 174 valence electrons. The molecular weight excluding hydrogens is 429 g/mol. The Morgan fingerprint density at radius 3 is 2.44 bits per heavy atom. The number of benzene rings is 3. The SMILES string of the molecule is COc1c(/C(C)=C/C(=O)Nc2ccc(C)c(F)c2)cc2c(-c3ccc(C)cc3C)coc2c1C. The number of amides is 1. The summed E-state index contributed by atoms with van der Waals surface area (Å²) in [7, 11) is 1.61. The van der Waals surface area contributed by atoms with E-state index in [2.05, 4.69) is 37.4 Å². The third-order valence-electron chi connectivity index (χ3n) is 6.13. The van der Waals surface area contributed by atoms with E-state index in [1.807, 2.05) is 19.9 Å². The standard InChI is InChI=1S/C29H28FNO3/c1-16-7-10-22(18(3)11-16)25-15-34-29-20(5)28(33-6)23(14-24(25)29)19(4)12-27(32)31-21-9-8-17(2)26(30)13-21/h7-15H,1-6H3,(H,31,32)/b19-12+. The van der Waals surface area contributed by atoms with Gasteiger partial charge in [0.1, 0.15) is 17.1 Å². The average Bonchev–Trinajstić information content (AvgIpc) is 3.20. The van der Waals surface area contributed by atoms with Gasteiger partial charge in [0.25, 0.3) is 0 Å². The fourth-order valence-electron chi connectivity index (χ4n) is 4.32. The molecule has 34 heavy (non-hydrogen) atoms. The van der Waals surface area contributed by atoms with Crippen molar-refractivity contribution in [2.24, 2.45) is 0 Å². The molecule has 0 spiro atoms. The number of furan rings is 1. The van der Waals surface area contributed by atoms with Crippen molar-refractivity contribution in [1.29, 1.82) is 0 Å². The summed E-state index contributed by atoms with van der Waals surface area (Å²) in [4.78, 5) is 12.7. The van der Waals surface area contributed by atoms with Crippen molar-refractivity contribution in [2.45, 2.75) is 34.6 Å². The van der Waals surface area contributed by atoms with Crippen molar-refractivity contribution in [1.82, 2.24) is 0 Å². The van der Waals surface area contributed by atoms with Gasteiger partial charge in [0.15, 0.2) is 0 Å². The summed E-state index contributed by atoms with van der Waals surface area (Å²) in [6.45, 7) is 9.64. The first kappa shape index (κ1) is 23.3. The van der Waals surface area contributed by atoms with Crippen molar-refractivity contribution in [3.8, 4) is 16.9 Å². The highest BCUT2D eigenvalue weighted by atomic mass is 19.1. The molecule has 0 aliphatic carbocycles. The monoisotopic (exact) mass is 457 g/mol. The summed E-state index contributed by atoms with van der Waals surface area (Å²) in [6, 6.07) is 13.0. The number of methoxy groups -OCH3 is 1. The number of carbonyl (C=O) groups excluding carboxylic acids is 1. The van der Waals surface area contributed by atoms with E-state index >= 15 is 0 Å². The minimum Gasteiger partial charge on any atom is -0.496 e. The molecule has 1 aromatic heterocycles. The minimum absolute atomic E-state index is 0.345. The summed E-state index contributed by atoms with van der Waals surface area (Å²) in [5.41, 5.74) is 8.52. The molecule has 0 saturated heterocycles. The van der Waals surface area contributed by atoms with E-state index in [1.54, 1.807) is 32.4 Å². The van der Waals surface area contributed by atoms with Gasteiger partial charge in [0.2, 0.25) is 5.91 Å². The molecule has 1 N–H and O–H groups in total. The fourth-order valence-corrected chi connectivity index (χ4v) is 4.32. The lowest BCUT2D eigenvalue weighted by atomic mass is 9.94. The smallest absolute Gasteiger partial charge is 0.248 e. The van der Waals surface area contributed by atoms with Gasteiger partial charge in [0.05, 0.1) is 13.4 Å². The fraction of sp³-hybridized carbons (Fsp3) is 0.207. The van der Waals surface area contributed by atoms with E-state index in [0.717, 1.165) is 44.4 Å². The molecule has 4 nitrogen and oxygen atoms in total. The maximum Gasteiger partial charge on any atom is 0.248 e. The number of ether oxygens (including phenoxy) is 1. The first-order chi connectivity index (χ1) is 16.2. The van der Waals surface area contributed by atoms with Crippen LogP contribution in [0.15, 0.2) is 59.2 Å². The normalized spacial score (nSPS) is 11.7. The summed E-state index contributed by atoms with van der Waals surface area (Å²) in [5, 5.41) is 3.68. The number of fused-ring (bicyclic) bond motifs is 1. The van der Waals surface area contributed by atoms with Crippen LogP contribution in [0.25, 0.3) is 27.7 Å². The Labute approximate surface area is 199 Å². The maximum atomic E-state index is 13.9. The van der Waals surface area contributed by atoms with Crippen LogP contribution < -0.4 is 10.1 Å². The molecule has 0 bridgehead atoms. The molecule has 3 aromatic carbocycles. The Morgan fingerprint density at radius 2 is 1.76 bits per heavy atom. The van der Waals surface area contributed by atoms with Gasteiger partial charge in [-0.2, -0.15) is 0 Å². The van der Waals surface area contributed by atoms with E-state index in [0.29, 0.717) is 17.0 Å². The van der Waals surface area contributed by atoms with Crippen LogP contribution in [0.2, 0.25) is 0 Å². The first-order valence-electron chi connectivity index (χ1n) is 11.1. The number of aryl methyl sites for hydroxylation is 4. The molecule has 0 aliphatic heterocycles. The molecule has 0 saturated carbocycles. The molecule has 0 fully saturated rings. The van der Waals surface area contributed by atoms with E-state index in [-0.39, 0.29) is 11.7 Å². The number of hydrogen-bond acceptors (Lipinski definition) is 3. The van der Waals surface area contributed by atoms with Crippen LogP contribution in [-0.4, -0.2) is 13.0 Å². The summed E-state index contributed by atoms with van der Waals surface area (Å²) >= 11 is 0. The Hall–Kier alpha value is -3.86. The Balaban J connectivity index is 1.77. The Morgan fingerprint density at radius 1 is 1.00 bits per heavy atom. The number of halogens is 1. The molecule has 0 atom stereocenters. The first-order valence-corrected chi connectivity index (χ1v) is 11.1. The molecular formula is C29H28FNO3. The summed E-state index contributed by atoms with van der Waals surface area (Å²) in [6.07, 6.45) is 3.27. The van der Waals surface area contributed by atoms with Gasteiger partial charge < -0.3 is 14.5 Å². The van der Waals surface area contributed by atoms with Gasteiger partial charge in [-0.05, 0) is 75.1 Å². The van der Waals surface area contributed by atoms with E-state index in [4.69, 9.17) is 9.15 Å². The molecule has 0 aliphatic rings. The quantitative estimate of drug-likeness (QED) is 0.315. The van der Waals surface area contributed by atoms with Crippen molar-refractivity contribution < 1.29 is 18.3 Å². The second kappa shape index (κ2) is 9.18. The molecule has 0 unspecified atom stereocenters. The van der Waals surface area contributed by atoms with E-state index in [9.17, 15) is 9.18 Å². The number of carbonyl (C=O) groups is 1. The van der Waals surface area contributed by atoms with Gasteiger partial charge in [0, 0.05) is 33.8 Å². The van der Waals surface area contributed by atoms with Crippen LogP contribution in [0, 0.1) is 33.5 Å². The third kappa shape index (κ3) is 4.34. The van der Waals surface area contributed by atoms with Crippen LogP contribution in [0.5, 0.6) is 5.75 Å². The van der Waals surface area contributed by atoms with Gasteiger partial charge in [-0.25, -0.2) is 4.39 Å².